The Labute approximate surface area is 122 Å². The van der Waals surface area contributed by atoms with Gasteiger partial charge in [0.15, 0.2) is 6.29 Å². The van der Waals surface area contributed by atoms with Gasteiger partial charge in [0.05, 0.1) is 19.8 Å². The Hall–Kier alpha value is -0.130. The van der Waals surface area contributed by atoms with E-state index in [-0.39, 0.29) is 19.4 Å². The van der Waals surface area contributed by atoms with Crippen LogP contribution in [0.3, 0.4) is 0 Å². The molecule has 0 aliphatic carbocycles. The van der Waals surface area contributed by atoms with Crippen LogP contribution in [0.5, 0.6) is 0 Å². The van der Waals surface area contributed by atoms with Gasteiger partial charge in [-0.05, 0) is 0 Å². The van der Waals surface area contributed by atoms with Gasteiger partial charge in [-0.3, -0.25) is 0 Å². The fraction of sp³-hybridized carbons (Fsp3) is 1.00. The Balaban J connectivity index is 0.00000400. The van der Waals surface area contributed by atoms with Gasteiger partial charge in [-0.2, -0.15) is 0 Å². The molecule has 0 saturated carbocycles. The molecule has 1 fully saturated rings. The van der Waals surface area contributed by atoms with Crippen LogP contribution in [0.1, 0.15) is 0 Å². The van der Waals surface area contributed by atoms with E-state index < -0.39 is 44.9 Å². The van der Waals surface area contributed by atoms with Crippen LogP contribution in [-0.2, 0) is 23.3 Å². The molecule has 1 unspecified atom stereocenters. The smallest absolute Gasteiger partial charge is 0.186 e. The summed E-state index contributed by atoms with van der Waals surface area (Å²) in [7, 11) is -2.55. The van der Waals surface area contributed by atoms with Gasteiger partial charge in [0, 0.05) is 13.8 Å². The maximum atomic E-state index is 10.8. The number of methoxy groups -OCH3 is 1. The zero-order valence-electron chi connectivity index (χ0n) is 12.2. The molecule has 0 aromatic heterocycles. The summed E-state index contributed by atoms with van der Waals surface area (Å²) in [5.41, 5.74) is 0. The molecule has 21 heavy (non-hydrogen) atoms. The number of hydrogen-bond acceptors (Lipinski definition) is 9. The number of quaternary nitrogens is 1. The second-order valence-corrected chi connectivity index (χ2v) is 6.18. The van der Waals surface area contributed by atoms with E-state index in [0.717, 1.165) is 6.66 Å². The van der Waals surface area contributed by atoms with Crippen molar-refractivity contribution in [2.45, 2.75) is 30.7 Å². The molecule has 1 rings (SSSR count). The summed E-state index contributed by atoms with van der Waals surface area (Å²) in [6.45, 7) is 0.0473. The van der Waals surface area contributed by atoms with E-state index in [9.17, 15) is 19.7 Å². The summed E-state index contributed by atoms with van der Waals surface area (Å²) in [4.78, 5) is 10.8. The van der Waals surface area contributed by atoms with Gasteiger partial charge in [0.2, 0.25) is 0 Å². The molecule has 10 nitrogen and oxygen atoms in total. The number of aliphatic hydroxyl groups is 3. The molecule has 0 radical (unpaired) electrons. The van der Waals surface area contributed by atoms with Gasteiger partial charge in [-0.25, -0.2) is 0 Å². The maximum Gasteiger partial charge on any atom is 0.186 e. The first-order valence-electron chi connectivity index (χ1n) is 6.00. The average Bonchev–Trinajstić information content (AvgIpc) is 2.37. The van der Waals surface area contributed by atoms with Gasteiger partial charge in [0.25, 0.3) is 0 Å². The molecule has 1 saturated heterocycles. The number of ether oxygens (including phenoxy) is 3. The van der Waals surface area contributed by atoms with E-state index in [4.69, 9.17) is 19.3 Å². The normalized spacial score (nSPS) is 35.8. The second kappa shape index (κ2) is 9.11. The van der Waals surface area contributed by atoms with Crippen molar-refractivity contribution in [2.75, 3.05) is 33.6 Å². The maximum absolute atomic E-state index is 10.8. The predicted octanol–water partition coefficient (Wildman–Crippen LogP) is -1.97. The van der Waals surface area contributed by atoms with Crippen molar-refractivity contribution >= 4 is 7.60 Å². The molecule has 7 N–H and O–H groups in total. The molecule has 1 heterocycles. The Morgan fingerprint density at radius 3 is 2.38 bits per heavy atom. The van der Waals surface area contributed by atoms with Crippen LogP contribution in [0.2, 0.25) is 0 Å². The van der Waals surface area contributed by atoms with Gasteiger partial charge in [-0.15, -0.1) is 0 Å². The van der Waals surface area contributed by atoms with Crippen molar-refractivity contribution in [1.29, 1.82) is 0 Å². The minimum atomic E-state index is -3.85. The summed E-state index contributed by atoms with van der Waals surface area (Å²) >= 11 is 0. The van der Waals surface area contributed by atoms with Crippen LogP contribution in [0, 0.1) is 0 Å². The molecule has 1 aliphatic rings. The lowest BCUT2D eigenvalue weighted by atomic mass is 9.99. The first-order chi connectivity index (χ1) is 9.30. The monoisotopic (exact) mass is 333 g/mol. The summed E-state index contributed by atoms with van der Waals surface area (Å²) in [5.74, 6) is 0. The van der Waals surface area contributed by atoms with E-state index in [1.165, 1.54) is 7.11 Å². The van der Waals surface area contributed by atoms with E-state index in [1.807, 2.05) is 0 Å². The molecule has 0 spiro atoms. The minimum Gasteiger partial charge on any atom is -0.779 e. The molecule has 6 atom stereocenters. The van der Waals surface area contributed by atoms with Gasteiger partial charge in [-0.1, -0.05) is 0 Å². The third-order valence-electron chi connectivity index (χ3n) is 2.77. The lowest BCUT2D eigenvalue weighted by Gasteiger charge is -2.41. The van der Waals surface area contributed by atoms with E-state index >= 15 is 0 Å². The van der Waals surface area contributed by atoms with Crippen molar-refractivity contribution in [3.05, 3.63) is 0 Å². The molecule has 0 bridgehead atoms. The van der Waals surface area contributed by atoms with Gasteiger partial charge < -0.3 is 49.7 Å². The summed E-state index contributed by atoms with van der Waals surface area (Å²) in [6, 6.07) is 0. The van der Waals surface area contributed by atoms with E-state index in [1.54, 1.807) is 0 Å². The Morgan fingerprint density at radius 1 is 1.29 bits per heavy atom. The summed E-state index contributed by atoms with van der Waals surface area (Å²) in [5, 5.41) is 28.9. The molecular formula is C10H24NO9P. The molecule has 11 heteroatoms. The summed E-state index contributed by atoms with van der Waals surface area (Å²) in [6.07, 6.45) is -5.66. The Kier molecular flexibility index (Phi) is 9.05. The highest BCUT2D eigenvalue weighted by atomic mass is 31.2. The molecule has 0 aromatic carbocycles. The highest BCUT2D eigenvalue weighted by molar-refractivity contribution is 7.50. The average molecular weight is 333 g/mol. The quantitative estimate of drug-likeness (QED) is 0.304. The highest BCUT2D eigenvalue weighted by Crippen LogP contribution is 2.30. The highest BCUT2D eigenvalue weighted by Gasteiger charge is 2.45. The number of rotatable bonds is 7. The van der Waals surface area contributed by atoms with Crippen molar-refractivity contribution < 1.29 is 43.5 Å². The molecular weight excluding hydrogens is 309 g/mol. The molecule has 0 aromatic rings. The molecule has 1 aliphatic heterocycles. The largest absolute Gasteiger partial charge is 0.779 e. The van der Waals surface area contributed by atoms with Crippen molar-refractivity contribution in [2.24, 2.45) is 0 Å². The van der Waals surface area contributed by atoms with Crippen LogP contribution < -0.4 is 11.0 Å². The van der Waals surface area contributed by atoms with Gasteiger partial charge in [0.1, 0.15) is 32.0 Å². The van der Waals surface area contributed by atoms with Crippen LogP contribution >= 0.6 is 7.60 Å². The number of aliphatic hydroxyl groups excluding tert-OH is 3. The third kappa shape index (κ3) is 6.25. The van der Waals surface area contributed by atoms with Gasteiger partial charge >= 0.3 is 0 Å². The molecule has 128 valence electrons. The summed E-state index contributed by atoms with van der Waals surface area (Å²) < 4.78 is 30.5. The van der Waals surface area contributed by atoms with Crippen LogP contribution in [0.25, 0.3) is 0 Å². The van der Waals surface area contributed by atoms with E-state index in [0.29, 0.717) is 0 Å². The van der Waals surface area contributed by atoms with Crippen LogP contribution in [-0.4, -0.2) is 79.6 Å². The first kappa shape index (κ1) is 20.9. The molecule has 0 amide bonds. The fourth-order valence-electron chi connectivity index (χ4n) is 1.83. The topological polar surface area (TPSA) is 174 Å². The first-order valence-corrected chi connectivity index (χ1v) is 7.99. The lowest BCUT2D eigenvalue weighted by molar-refractivity contribution is -0.302. The SMILES string of the molecule is CO[C@@H]1O[C@H](CO)[C@H](O)[C@H](OCCOP(C)(=O)[O-])[C@H]1O.[NH4+]. The fourth-order valence-corrected chi connectivity index (χ4v) is 2.24. The predicted molar refractivity (Wildman–Crippen MR) is 70.0 cm³/mol. The standard InChI is InChI=1S/C10H21O9P.H3N/c1-16-10-8(13)9(7(12)6(5-11)19-10)17-3-4-18-20(2,14)15;/h6-13H,3-5H2,1-2H3,(H,14,15);1H3/t6-,7+,8-,9+,10-;/m1./s1. The minimum absolute atomic E-state index is 0. The van der Waals surface area contributed by atoms with Crippen molar-refractivity contribution in [1.82, 2.24) is 6.15 Å². The Bertz CT molecular complexity index is 322. The van der Waals surface area contributed by atoms with Crippen molar-refractivity contribution in [3.63, 3.8) is 0 Å². The zero-order valence-corrected chi connectivity index (χ0v) is 13.1. The lowest BCUT2D eigenvalue weighted by Crippen LogP contribution is -2.60. The number of hydrogen-bond donors (Lipinski definition) is 4. The van der Waals surface area contributed by atoms with Crippen LogP contribution in [0.15, 0.2) is 0 Å². The van der Waals surface area contributed by atoms with Crippen molar-refractivity contribution in [3.8, 4) is 0 Å². The zero-order chi connectivity index (χ0) is 15.3. The third-order valence-corrected chi connectivity index (χ3v) is 3.43. The Morgan fingerprint density at radius 2 is 1.90 bits per heavy atom. The second-order valence-electron chi connectivity index (χ2n) is 4.38. The van der Waals surface area contributed by atoms with Crippen LogP contribution in [0.4, 0.5) is 0 Å². The van der Waals surface area contributed by atoms with E-state index in [2.05, 4.69) is 4.52 Å².